The van der Waals surface area contributed by atoms with Gasteiger partial charge in [-0.3, -0.25) is 4.79 Å². The van der Waals surface area contributed by atoms with Crippen LogP contribution in [0.15, 0.2) is 29.8 Å². The topological polar surface area (TPSA) is 33.2 Å². The van der Waals surface area contributed by atoms with Crippen LogP contribution in [0.2, 0.25) is 0 Å². The average Bonchev–Trinajstić information content (AvgIpc) is 2.89. The Kier molecular flexibility index (Phi) is 2.88. The SMILES string of the molecule is CC1c2ccsc2CCN1c1ccc(C=O)cn1. The van der Waals surface area contributed by atoms with E-state index in [4.69, 9.17) is 0 Å². The highest BCUT2D eigenvalue weighted by molar-refractivity contribution is 7.10. The number of carbonyl (C=O) groups excluding carboxylic acids is 1. The molecule has 0 aliphatic carbocycles. The van der Waals surface area contributed by atoms with Gasteiger partial charge in [0.15, 0.2) is 6.29 Å². The molecule has 4 heteroatoms. The molecule has 1 aliphatic heterocycles. The first-order valence-electron chi connectivity index (χ1n) is 6.03. The third-order valence-electron chi connectivity index (χ3n) is 3.48. The summed E-state index contributed by atoms with van der Waals surface area (Å²) in [7, 11) is 0. The van der Waals surface area contributed by atoms with Crippen LogP contribution >= 0.6 is 11.3 Å². The second kappa shape index (κ2) is 4.53. The van der Waals surface area contributed by atoms with Crippen molar-refractivity contribution in [2.75, 3.05) is 11.4 Å². The molecule has 3 heterocycles. The van der Waals surface area contributed by atoms with Gasteiger partial charge in [-0.05, 0) is 42.5 Å². The Balaban J connectivity index is 1.91. The fraction of sp³-hybridized carbons (Fsp3) is 0.286. The molecule has 92 valence electrons. The standard InChI is InChI=1S/C14H14N2OS/c1-10-12-5-7-18-13(12)4-6-16(10)14-3-2-11(9-17)8-15-14/h2-3,5,7-10H,4,6H2,1H3. The molecule has 3 nitrogen and oxygen atoms in total. The van der Waals surface area contributed by atoms with Crippen molar-refractivity contribution < 1.29 is 4.79 Å². The van der Waals surface area contributed by atoms with Crippen LogP contribution in [-0.4, -0.2) is 17.8 Å². The molecule has 0 N–H and O–H groups in total. The molecule has 0 radical (unpaired) electrons. The lowest BCUT2D eigenvalue weighted by atomic mass is 10.0. The molecule has 0 aromatic carbocycles. The van der Waals surface area contributed by atoms with Crippen LogP contribution in [0.25, 0.3) is 0 Å². The van der Waals surface area contributed by atoms with Gasteiger partial charge in [0.2, 0.25) is 0 Å². The number of nitrogens with zero attached hydrogens (tertiary/aromatic N) is 2. The highest BCUT2D eigenvalue weighted by Crippen LogP contribution is 2.34. The molecule has 0 fully saturated rings. The minimum atomic E-state index is 0.356. The normalized spacial score (nSPS) is 18.5. The van der Waals surface area contributed by atoms with E-state index in [1.807, 2.05) is 23.5 Å². The minimum absolute atomic E-state index is 0.356. The largest absolute Gasteiger partial charge is 0.349 e. The third kappa shape index (κ3) is 1.82. The van der Waals surface area contributed by atoms with Crippen molar-refractivity contribution >= 4 is 23.4 Å². The fourth-order valence-corrected chi connectivity index (χ4v) is 3.42. The Morgan fingerprint density at radius 2 is 2.33 bits per heavy atom. The van der Waals surface area contributed by atoms with Gasteiger partial charge in [-0.15, -0.1) is 11.3 Å². The maximum atomic E-state index is 10.6. The Morgan fingerprint density at radius 3 is 3.06 bits per heavy atom. The van der Waals surface area contributed by atoms with Gasteiger partial charge in [-0.1, -0.05) is 0 Å². The molecule has 1 unspecified atom stereocenters. The first-order chi connectivity index (χ1) is 8.79. The molecular weight excluding hydrogens is 244 g/mol. The van der Waals surface area contributed by atoms with Crippen LogP contribution in [0.3, 0.4) is 0 Å². The molecule has 0 saturated heterocycles. The zero-order valence-corrected chi connectivity index (χ0v) is 11.0. The summed E-state index contributed by atoms with van der Waals surface area (Å²) in [5.41, 5.74) is 2.03. The summed E-state index contributed by atoms with van der Waals surface area (Å²) in [4.78, 5) is 18.8. The van der Waals surface area contributed by atoms with Crippen LogP contribution in [-0.2, 0) is 6.42 Å². The van der Waals surface area contributed by atoms with Crippen LogP contribution in [0.5, 0.6) is 0 Å². The zero-order valence-electron chi connectivity index (χ0n) is 10.2. The maximum Gasteiger partial charge on any atom is 0.151 e. The fourth-order valence-electron chi connectivity index (χ4n) is 2.46. The molecular formula is C14H14N2OS. The van der Waals surface area contributed by atoms with Crippen LogP contribution in [0.4, 0.5) is 5.82 Å². The smallest absolute Gasteiger partial charge is 0.151 e. The highest BCUT2D eigenvalue weighted by atomic mass is 32.1. The van der Waals surface area contributed by atoms with Gasteiger partial charge >= 0.3 is 0 Å². The molecule has 3 rings (SSSR count). The van der Waals surface area contributed by atoms with E-state index in [-0.39, 0.29) is 0 Å². The van der Waals surface area contributed by atoms with E-state index in [1.54, 1.807) is 6.20 Å². The van der Waals surface area contributed by atoms with E-state index in [1.165, 1.54) is 10.4 Å². The van der Waals surface area contributed by atoms with Gasteiger partial charge in [0.1, 0.15) is 5.82 Å². The van der Waals surface area contributed by atoms with Crippen molar-refractivity contribution in [2.45, 2.75) is 19.4 Å². The van der Waals surface area contributed by atoms with Crippen molar-refractivity contribution in [3.8, 4) is 0 Å². The number of anilines is 1. The second-order valence-corrected chi connectivity index (χ2v) is 5.49. The lowest BCUT2D eigenvalue weighted by molar-refractivity contribution is 0.112. The van der Waals surface area contributed by atoms with E-state index >= 15 is 0 Å². The van der Waals surface area contributed by atoms with E-state index in [0.29, 0.717) is 11.6 Å². The minimum Gasteiger partial charge on any atom is -0.349 e. The number of pyridine rings is 1. The number of carbonyl (C=O) groups is 1. The highest BCUT2D eigenvalue weighted by Gasteiger charge is 2.25. The van der Waals surface area contributed by atoms with Gasteiger partial charge in [-0.25, -0.2) is 4.98 Å². The van der Waals surface area contributed by atoms with E-state index in [0.717, 1.165) is 25.1 Å². The Morgan fingerprint density at radius 1 is 1.44 bits per heavy atom. The van der Waals surface area contributed by atoms with Gasteiger partial charge in [-0.2, -0.15) is 0 Å². The van der Waals surface area contributed by atoms with Crippen LogP contribution in [0, 0.1) is 0 Å². The van der Waals surface area contributed by atoms with Crippen molar-refractivity contribution in [2.24, 2.45) is 0 Å². The Labute approximate surface area is 110 Å². The molecule has 0 amide bonds. The van der Waals surface area contributed by atoms with Gasteiger partial charge in [0, 0.05) is 23.2 Å². The lowest BCUT2D eigenvalue weighted by Crippen LogP contribution is -2.33. The van der Waals surface area contributed by atoms with Crippen LogP contribution in [0.1, 0.15) is 33.8 Å². The summed E-state index contributed by atoms with van der Waals surface area (Å²) in [5, 5.41) is 2.16. The van der Waals surface area contributed by atoms with E-state index in [9.17, 15) is 4.79 Å². The number of rotatable bonds is 2. The molecule has 2 aromatic rings. The number of aromatic nitrogens is 1. The second-order valence-electron chi connectivity index (χ2n) is 4.49. The molecule has 1 aliphatic rings. The molecule has 1 atom stereocenters. The Hall–Kier alpha value is -1.68. The quantitative estimate of drug-likeness (QED) is 0.776. The molecule has 18 heavy (non-hydrogen) atoms. The zero-order chi connectivity index (χ0) is 12.5. The third-order valence-corrected chi connectivity index (χ3v) is 4.47. The summed E-state index contributed by atoms with van der Waals surface area (Å²) in [6.45, 7) is 3.20. The predicted molar refractivity (Wildman–Crippen MR) is 73.4 cm³/mol. The first-order valence-corrected chi connectivity index (χ1v) is 6.91. The Bertz CT molecular complexity index is 561. The van der Waals surface area contributed by atoms with Gasteiger partial charge < -0.3 is 4.90 Å². The summed E-state index contributed by atoms with van der Waals surface area (Å²) < 4.78 is 0. The summed E-state index contributed by atoms with van der Waals surface area (Å²) in [5.74, 6) is 0.949. The summed E-state index contributed by atoms with van der Waals surface area (Å²) in [6.07, 6.45) is 3.54. The average molecular weight is 258 g/mol. The molecule has 0 saturated carbocycles. The van der Waals surface area contributed by atoms with Crippen LogP contribution < -0.4 is 4.90 Å². The van der Waals surface area contributed by atoms with Crippen molar-refractivity contribution in [3.63, 3.8) is 0 Å². The number of fused-ring (bicyclic) bond motifs is 1. The number of hydrogen-bond donors (Lipinski definition) is 0. The predicted octanol–water partition coefficient (Wildman–Crippen LogP) is 3.08. The number of thiophene rings is 1. The van der Waals surface area contributed by atoms with Crippen molar-refractivity contribution in [3.05, 3.63) is 45.8 Å². The van der Waals surface area contributed by atoms with E-state index < -0.39 is 0 Å². The van der Waals surface area contributed by atoms with Crippen molar-refractivity contribution in [1.29, 1.82) is 0 Å². The van der Waals surface area contributed by atoms with Gasteiger partial charge in [0.25, 0.3) is 0 Å². The monoisotopic (exact) mass is 258 g/mol. The summed E-state index contributed by atoms with van der Waals surface area (Å²) >= 11 is 1.84. The lowest BCUT2D eigenvalue weighted by Gasteiger charge is -2.34. The number of aldehydes is 1. The van der Waals surface area contributed by atoms with E-state index in [2.05, 4.69) is 28.3 Å². The molecule has 0 bridgehead atoms. The number of hydrogen-bond acceptors (Lipinski definition) is 4. The maximum absolute atomic E-state index is 10.6. The molecule has 2 aromatic heterocycles. The summed E-state index contributed by atoms with van der Waals surface area (Å²) in [6, 6.07) is 6.31. The first kappa shape index (κ1) is 11.4. The van der Waals surface area contributed by atoms with Crippen molar-refractivity contribution in [1.82, 2.24) is 4.98 Å². The molecule has 0 spiro atoms. The van der Waals surface area contributed by atoms with Gasteiger partial charge in [0.05, 0.1) is 6.04 Å².